The number of aliphatic hydroxyl groups excluding tert-OH is 1. The average Bonchev–Trinajstić information content (AvgIpc) is 2.31. The van der Waals surface area contributed by atoms with E-state index in [1.807, 2.05) is 24.3 Å². The van der Waals surface area contributed by atoms with Crippen molar-refractivity contribution in [1.29, 1.82) is 0 Å². The van der Waals surface area contributed by atoms with Gasteiger partial charge in [0.1, 0.15) is 18.5 Å². The van der Waals surface area contributed by atoms with Gasteiger partial charge in [-0.05, 0) is 24.1 Å². The first-order valence-electron chi connectivity index (χ1n) is 5.15. The number of aliphatic hydroxyl groups is 1. The average molecular weight is 210 g/mol. The standard InChI is InChI=1S/C12H18O3/c1-3-10-4-6-11(7-5-10)15-9-12(8-13)14-2/h4-7,12-13H,3,8-9H2,1-2H3. The van der Waals surface area contributed by atoms with Crippen molar-refractivity contribution in [3.8, 4) is 5.75 Å². The van der Waals surface area contributed by atoms with Gasteiger partial charge in [-0.25, -0.2) is 0 Å². The number of methoxy groups -OCH3 is 1. The fraction of sp³-hybridized carbons (Fsp3) is 0.500. The molecule has 0 saturated heterocycles. The highest BCUT2D eigenvalue weighted by atomic mass is 16.5. The van der Waals surface area contributed by atoms with E-state index in [1.165, 1.54) is 5.56 Å². The normalized spacial score (nSPS) is 12.5. The Balaban J connectivity index is 2.43. The molecule has 0 bridgehead atoms. The molecule has 0 aliphatic heterocycles. The first-order valence-corrected chi connectivity index (χ1v) is 5.15. The van der Waals surface area contributed by atoms with E-state index in [4.69, 9.17) is 14.6 Å². The minimum atomic E-state index is -0.254. The van der Waals surface area contributed by atoms with Crippen LogP contribution >= 0.6 is 0 Å². The van der Waals surface area contributed by atoms with Crippen LogP contribution in [-0.4, -0.2) is 31.5 Å². The van der Waals surface area contributed by atoms with Crippen LogP contribution in [-0.2, 0) is 11.2 Å². The van der Waals surface area contributed by atoms with Gasteiger partial charge in [0.15, 0.2) is 0 Å². The third-order valence-corrected chi connectivity index (χ3v) is 2.30. The summed E-state index contributed by atoms with van der Waals surface area (Å²) in [7, 11) is 1.56. The lowest BCUT2D eigenvalue weighted by atomic mass is 10.2. The van der Waals surface area contributed by atoms with E-state index >= 15 is 0 Å². The van der Waals surface area contributed by atoms with Gasteiger partial charge in [-0.15, -0.1) is 0 Å². The molecule has 0 spiro atoms. The number of hydrogen-bond acceptors (Lipinski definition) is 3. The Morgan fingerprint density at radius 2 is 1.93 bits per heavy atom. The zero-order valence-corrected chi connectivity index (χ0v) is 9.27. The Bertz CT molecular complexity index is 265. The summed E-state index contributed by atoms with van der Waals surface area (Å²) in [6.07, 6.45) is 0.772. The molecule has 84 valence electrons. The second-order valence-electron chi connectivity index (χ2n) is 3.35. The molecule has 0 amide bonds. The summed E-state index contributed by atoms with van der Waals surface area (Å²) in [5, 5.41) is 8.88. The number of aryl methyl sites for hydroxylation is 1. The van der Waals surface area contributed by atoms with E-state index in [9.17, 15) is 0 Å². The van der Waals surface area contributed by atoms with Crippen LogP contribution in [0.2, 0.25) is 0 Å². The van der Waals surface area contributed by atoms with Crippen molar-refractivity contribution in [1.82, 2.24) is 0 Å². The molecule has 1 aromatic carbocycles. The van der Waals surface area contributed by atoms with E-state index in [0.29, 0.717) is 6.61 Å². The summed E-state index contributed by atoms with van der Waals surface area (Å²) < 4.78 is 10.5. The summed E-state index contributed by atoms with van der Waals surface area (Å²) in [4.78, 5) is 0. The van der Waals surface area contributed by atoms with Crippen molar-refractivity contribution in [2.45, 2.75) is 19.4 Å². The Morgan fingerprint density at radius 3 is 2.40 bits per heavy atom. The lowest BCUT2D eigenvalue weighted by molar-refractivity contribution is 0.0164. The topological polar surface area (TPSA) is 38.7 Å². The SMILES string of the molecule is CCc1ccc(OCC(CO)OC)cc1. The molecule has 1 rings (SSSR count). The minimum absolute atomic E-state index is 0.0243. The van der Waals surface area contributed by atoms with E-state index < -0.39 is 0 Å². The molecular formula is C12H18O3. The summed E-state index contributed by atoms with van der Waals surface area (Å²) in [6.45, 7) is 2.46. The summed E-state index contributed by atoms with van der Waals surface area (Å²) in [6, 6.07) is 7.94. The summed E-state index contributed by atoms with van der Waals surface area (Å²) in [5.74, 6) is 0.808. The first kappa shape index (κ1) is 12.0. The summed E-state index contributed by atoms with van der Waals surface area (Å²) >= 11 is 0. The number of rotatable bonds is 6. The van der Waals surface area contributed by atoms with Crippen LogP contribution < -0.4 is 4.74 Å². The van der Waals surface area contributed by atoms with Gasteiger partial charge >= 0.3 is 0 Å². The second kappa shape index (κ2) is 6.43. The smallest absolute Gasteiger partial charge is 0.119 e. The maximum absolute atomic E-state index is 8.88. The number of hydrogen-bond donors (Lipinski definition) is 1. The van der Waals surface area contributed by atoms with Crippen molar-refractivity contribution in [3.63, 3.8) is 0 Å². The molecule has 1 N–H and O–H groups in total. The van der Waals surface area contributed by atoms with E-state index in [2.05, 4.69) is 6.92 Å². The molecule has 0 aliphatic rings. The molecule has 0 heterocycles. The van der Waals surface area contributed by atoms with Crippen molar-refractivity contribution in [3.05, 3.63) is 29.8 Å². The van der Waals surface area contributed by atoms with Crippen LogP contribution in [0.5, 0.6) is 5.75 Å². The minimum Gasteiger partial charge on any atom is -0.491 e. The van der Waals surface area contributed by atoms with Gasteiger partial charge in [0, 0.05) is 7.11 Å². The van der Waals surface area contributed by atoms with Gasteiger partial charge in [0.05, 0.1) is 6.61 Å². The Kier molecular flexibility index (Phi) is 5.15. The monoisotopic (exact) mass is 210 g/mol. The van der Waals surface area contributed by atoms with E-state index in [-0.39, 0.29) is 12.7 Å². The molecule has 0 aromatic heterocycles. The lowest BCUT2D eigenvalue weighted by Crippen LogP contribution is -2.24. The Morgan fingerprint density at radius 1 is 1.27 bits per heavy atom. The molecule has 1 aromatic rings. The molecular weight excluding hydrogens is 192 g/mol. The number of benzene rings is 1. The van der Waals surface area contributed by atoms with Crippen molar-refractivity contribution in [2.75, 3.05) is 20.3 Å². The van der Waals surface area contributed by atoms with E-state index in [1.54, 1.807) is 7.11 Å². The van der Waals surface area contributed by atoms with Crippen LogP contribution in [0.15, 0.2) is 24.3 Å². The quantitative estimate of drug-likeness (QED) is 0.775. The maximum Gasteiger partial charge on any atom is 0.119 e. The van der Waals surface area contributed by atoms with Gasteiger partial charge in [0.2, 0.25) is 0 Å². The zero-order chi connectivity index (χ0) is 11.1. The molecule has 0 aliphatic carbocycles. The van der Waals surface area contributed by atoms with Gasteiger partial charge in [-0.2, -0.15) is 0 Å². The molecule has 1 unspecified atom stereocenters. The molecule has 0 fully saturated rings. The molecule has 1 atom stereocenters. The fourth-order valence-electron chi connectivity index (χ4n) is 1.21. The molecule has 3 nitrogen and oxygen atoms in total. The Hall–Kier alpha value is -1.06. The second-order valence-corrected chi connectivity index (χ2v) is 3.35. The molecule has 0 radical (unpaired) electrons. The van der Waals surface area contributed by atoms with Crippen LogP contribution in [0.4, 0.5) is 0 Å². The first-order chi connectivity index (χ1) is 7.30. The van der Waals surface area contributed by atoms with Gasteiger partial charge in [0.25, 0.3) is 0 Å². The van der Waals surface area contributed by atoms with Crippen LogP contribution in [0.1, 0.15) is 12.5 Å². The predicted octanol–water partition coefficient (Wildman–Crippen LogP) is 1.64. The van der Waals surface area contributed by atoms with Gasteiger partial charge in [-0.1, -0.05) is 19.1 Å². The van der Waals surface area contributed by atoms with Crippen molar-refractivity contribution in [2.24, 2.45) is 0 Å². The third kappa shape index (κ3) is 3.90. The third-order valence-electron chi connectivity index (χ3n) is 2.30. The Labute approximate surface area is 90.6 Å². The zero-order valence-electron chi connectivity index (χ0n) is 9.27. The summed E-state index contributed by atoms with van der Waals surface area (Å²) in [5.41, 5.74) is 1.28. The largest absolute Gasteiger partial charge is 0.491 e. The molecule has 15 heavy (non-hydrogen) atoms. The lowest BCUT2D eigenvalue weighted by Gasteiger charge is -2.13. The highest BCUT2D eigenvalue weighted by molar-refractivity contribution is 5.27. The van der Waals surface area contributed by atoms with Gasteiger partial charge in [-0.3, -0.25) is 0 Å². The van der Waals surface area contributed by atoms with Crippen molar-refractivity contribution >= 4 is 0 Å². The highest BCUT2D eigenvalue weighted by Gasteiger charge is 2.05. The highest BCUT2D eigenvalue weighted by Crippen LogP contribution is 2.12. The molecule has 0 saturated carbocycles. The molecule has 3 heteroatoms. The van der Waals surface area contributed by atoms with Crippen LogP contribution in [0.25, 0.3) is 0 Å². The van der Waals surface area contributed by atoms with E-state index in [0.717, 1.165) is 12.2 Å². The van der Waals surface area contributed by atoms with Gasteiger partial charge < -0.3 is 14.6 Å². The van der Waals surface area contributed by atoms with Crippen LogP contribution in [0.3, 0.4) is 0 Å². The van der Waals surface area contributed by atoms with Crippen molar-refractivity contribution < 1.29 is 14.6 Å². The number of ether oxygens (including phenoxy) is 2. The fourth-order valence-corrected chi connectivity index (χ4v) is 1.21. The maximum atomic E-state index is 8.88. The van der Waals surface area contributed by atoms with Crippen LogP contribution in [0, 0.1) is 0 Å². The predicted molar refractivity (Wildman–Crippen MR) is 59.2 cm³/mol.